The summed E-state index contributed by atoms with van der Waals surface area (Å²) in [5.74, 6) is 0.808. The first-order valence-corrected chi connectivity index (χ1v) is 7.63. The smallest absolute Gasteiger partial charge is 0.339 e. The van der Waals surface area contributed by atoms with Gasteiger partial charge in [0.15, 0.2) is 11.5 Å². The van der Waals surface area contributed by atoms with Crippen LogP contribution >= 0.6 is 0 Å². The number of carbonyl (C=O) groups is 1. The molecule has 0 bridgehead atoms. The first-order chi connectivity index (χ1) is 12.2. The Morgan fingerprint density at radius 2 is 1.68 bits per heavy atom. The largest absolute Gasteiger partial charge is 0.493 e. The van der Waals surface area contributed by atoms with Crippen molar-refractivity contribution < 1.29 is 19.0 Å². The van der Waals surface area contributed by atoms with Crippen LogP contribution < -0.4 is 14.8 Å². The van der Waals surface area contributed by atoms with Crippen LogP contribution in [0.5, 0.6) is 11.5 Å². The van der Waals surface area contributed by atoms with Gasteiger partial charge in [-0.2, -0.15) is 0 Å². The van der Waals surface area contributed by atoms with Crippen LogP contribution in [0.1, 0.15) is 10.4 Å². The topological polar surface area (TPSA) is 69.7 Å². The van der Waals surface area contributed by atoms with Crippen molar-refractivity contribution in [1.29, 1.82) is 0 Å². The Morgan fingerprint density at radius 3 is 2.40 bits per heavy atom. The molecule has 0 unspecified atom stereocenters. The summed E-state index contributed by atoms with van der Waals surface area (Å²) in [6, 6.07) is 12.7. The summed E-state index contributed by atoms with van der Waals surface area (Å²) < 4.78 is 15.5. The van der Waals surface area contributed by atoms with Crippen LogP contribution in [0.2, 0.25) is 0 Å². The molecule has 3 rings (SSSR count). The van der Waals surface area contributed by atoms with Gasteiger partial charge in [0.1, 0.15) is 0 Å². The molecular formula is C19H18N2O4. The predicted octanol–water partition coefficient (Wildman–Crippen LogP) is 3.78. The number of methoxy groups -OCH3 is 3. The molecule has 0 atom stereocenters. The fraction of sp³-hybridized carbons (Fsp3) is 0.158. The van der Waals surface area contributed by atoms with E-state index in [1.807, 2.05) is 30.3 Å². The van der Waals surface area contributed by atoms with Crippen molar-refractivity contribution >= 4 is 28.2 Å². The molecule has 0 aliphatic heterocycles. The van der Waals surface area contributed by atoms with Crippen molar-refractivity contribution in [3.05, 3.63) is 54.2 Å². The highest BCUT2D eigenvalue weighted by molar-refractivity contribution is 6.00. The molecule has 0 spiro atoms. The highest BCUT2D eigenvalue weighted by Gasteiger charge is 2.14. The lowest BCUT2D eigenvalue weighted by Crippen LogP contribution is -2.05. The molecule has 0 fully saturated rings. The summed E-state index contributed by atoms with van der Waals surface area (Å²) in [4.78, 5) is 16.3. The second-order valence-corrected chi connectivity index (χ2v) is 5.25. The number of esters is 1. The van der Waals surface area contributed by atoms with Gasteiger partial charge in [-0.1, -0.05) is 12.1 Å². The molecule has 25 heavy (non-hydrogen) atoms. The van der Waals surface area contributed by atoms with Crippen LogP contribution in [0.3, 0.4) is 0 Å². The molecule has 0 amide bonds. The molecule has 3 aromatic rings. The Bertz CT molecular complexity index is 924. The quantitative estimate of drug-likeness (QED) is 0.714. The minimum absolute atomic E-state index is 0.402. The number of carbonyl (C=O) groups excluding carboxylic acids is 1. The molecule has 0 radical (unpaired) electrons. The lowest BCUT2D eigenvalue weighted by atomic mass is 10.1. The van der Waals surface area contributed by atoms with E-state index in [4.69, 9.17) is 14.2 Å². The Labute approximate surface area is 145 Å². The van der Waals surface area contributed by atoms with Crippen LogP contribution in [-0.4, -0.2) is 32.3 Å². The van der Waals surface area contributed by atoms with Crippen LogP contribution in [0, 0.1) is 0 Å². The summed E-state index contributed by atoms with van der Waals surface area (Å²) in [5, 5.41) is 4.13. The van der Waals surface area contributed by atoms with Crippen LogP contribution in [0.15, 0.2) is 48.7 Å². The number of aromatic nitrogens is 1. The summed E-state index contributed by atoms with van der Waals surface area (Å²) >= 11 is 0. The molecule has 128 valence electrons. The van der Waals surface area contributed by atoms with E-state index in [1.54, 1.807) is 32.5 Å². The third-order valence-corrected chi connectivity index (χ3v) is 3.85. The summed E-state index contributed by atoms with van der Waals surface area (Å²) in [7, 11) is 4.52. The highest BCUT2D eigenvalue weighted by Crippen LogP contribution is 2.35. The van der Waals surface area contributed by atoms with Gasteiger partial charge in [0.05, 0.1) is 38.1 Å². The molecule has 1 heterocycles. The van der Waals surface area contributed by atoms with Gasteiger partial charge in [-0.15, -0.1) is 0 Å². The Balaban J connectivity index is 2.10. The Morgan fingerprint density at radius 1 is 0.960 bits per heavy atom. The van der Waals surface area contributed by atoms with Crippen LogP contribution in [0.4, 0.5) is 11.4 Å². The van der Waals surface area contributed by atoms with E-state index >= 15 is 0 Å². The monoisotopic (exact) mass is 338 g/mol. The molecule has 6 nitrogen and oxygen atoms in total. The number of rotatable bonds is 5. The first kappa shape index (κ1) is 16.6. The van der Waals surface area contributed by atoms with Gasteiger partial charge in [0.25, 0.3) is 0 Å². The van der Waals surface area contributed by atoms with E-state index in [2.05, 4.69) is 10.3 Å². The summed E-state index contributed by atoms with van der Waals surface area (Å²) in [6.07, 6.45) is 1.69. The Hall–Kier alpha value is -3.28. The molecule has 0 aliphatic rings. The van der Waals surface area contributed by atoms with Gasteiger partial charge in [0, 0.05) is 23.3 Å². The van der Waals surface area contributed by atoms with Gasteiger partial charge in [-0.25, -0.2) is 4.79 Å². The minimum atomic E-state index is -0.402. The summed E-state index contributed by atoms with van der Waals surface area (Å²) in [6.45, 7) is 0. The molecule has 2 aromatic carbocycles. The molecule has 1 aromatic heterocycles. The highest BCUT2D eigenvalue weighted by atomic mass is 16.5. The molecule has 0 saturated heterocycles. The number of ether oxygens (including phenoxy) is 3. The zero-order valence-corrected chi connectivity index (χ0v) is 14.2. The maximum absolute atomic E-state index is 12.0. The van der Waals surface area contributed by atoms with Crippen LogP contribution in [0.25, 0.3) is 10.9 Å². The van der Waals surface area contributed by atoms with E-state index in [0.29, 0.717) is 22.7 Å². The molecule has 0 aliphatic carbocycles. The Kier molecular flexibility index (Phi) is 4.70. The maximum atomic E-state index is 12.0. The zero-order chi connectivity index (χ0) is 17.8. The van der Waals surface area contributed by atoms with Crippen molar-refractivity contribution in [1.82, 2.24) is 4.98 Å². The SMILES string of the molecule is COC(=O)c1ccccc1Nc1ccnc2cc(OC)c(OC)cc12. The number of nitrogens with zero attached hydrogens (tertiary/aromatic N) is 1. The van der Waals surface area contributed by atoms with Gasteiger partial charge < -0.3 is 19.5 Å². The van der Waals surface area contributed by atoms with E-state index in [-0.39, 0.29) is 0 Å². The molecule has 6 heteroatoms. The normalized spacial score (nSPS) is 10.4. The maximum Gasteiger partial charge on any atom is 0.339 e. The van der Waals surface area contributed by atoms with Crippen molar-refractivity contribution in [2.24, 2.45) is 0 Å². The summed E-state index contributed by atoms with van der Waals surface area (Å²) in [5.41, 5.74) is 2.65. The van der Waals surface area contributed by atoms with E-state index in [9.17, 15) is 4.79 Å². The average molecular weight is 338 g/mol. The number of hydrogen-bond donors (Lipinski definition) is 1. The lowest BCUT2D eigenvalue weighted by molar-refractivity contribution is 0.0602. The van der Waals surface area contributed by atoms with E-state index in [1.165, 1.54) is 7.11 Å². The average Bonchev–Trinajstić information content (AvgIpc) is 2.67. The van der Waals surface area contributed by atoms with Crippen molar-refractivity contribution in [2.45, 2.75) is 0 Å². The fourth-order valence-electron chi connectivity index (χ4n) is 2.61. The number of nitrogens with one attached hydrogen (secondary N) is 1. The number of anilines is 2. The zero-order valence-electron chi connectivity index (χ0n) is 14.2. The van der Waals surface area contributed by atoms with E-state index in [0.717, 1.165) is 16.6 Å². The predicted molar refractivity (Wildman–Crippen MR) is 95.9 cm³/mol. The number of benzene rings is 2. The minimum Gasteiger partial charge on any atom is -0.493 e. The first-order valence-electron chi connectivity index (χ1n) is 7.63. The van der Waals surface area contributed by atoms with Gasteiger partial charge >= 0.3 is 5.97 Å². The number of hydrogen-bond acceptors (Lipinski definition) is 6. The third-order valence-electron chi connectivity index (χ3n) is 3.85. The molecule has 1 N–H and O–H groups in total. The van der Waals surface area contributed by atoms with Gasteiger partial charge in [0.2, 0.25) is 0 Å². The van der Waals surface area contributed by atoms with Gasteiger partial charge in [-0.05, 0) is 24.3 Å². The number of fused-ring (bicyclic) bond motifs is 1. The van der Waals surface area contributed by atoms with Crippen LogP contribution in [-0.2, 0) is 4.74 Å². The second kappa shape index (κ2) is 7.09. The van der Waals surface area contributed by atoms with Crippen molar-refractivity contribution in [3.63, 3.8) is 0 Å². The standard InChI is InChI=1S/C19H18N2O4/c1-23-17-10-13-15(8-9-20-16(13)11-18(17)24-2)21-14-7-5-4-6-12(14)19(22)25-3/h4-11H,1-3H3,(H,20,21). The van der Waals surface area contributed by atoms with Crippen molar-refractivity contribution in [2.75, 3.05) is 26.6 Å². The third kappa shape index (κ3) is 3.19. The van der Waals surface area contributed by atoms with Gasteiger partial charge in [-0.3, -0.25) is 4.98 Å². The van der Waals surface area contributed by atoms with E-state index < -0.39 is 5.97 Å². The number of para-hydroxylation sites is 1. The van der Waals surface area contributed by atoms with Crippen molar-refractivity contribution in [3.8, 4) is 11.5 Å². The number of pyridine rings is 1. The molecule has 0 saturated carbocycles. The lowest BCUT2D eigenvalue weighted by Gasteiger charge is -2.14. The fourth-order valence-corrected chi connectivity index (χ4v) is 2.61. The second-order valence-electron chi connectivity index (χ2n) is 5.25. The molecular weight excluding hydrogens is 320 g/mol.